The zero-order valence-corrected chi connectivity index (χ0v) is 7.68. The summed E-state index contributed by atoms with van der Waals surface area (Å²) >= 11 is 0. The molecule has 2 aromatic heterocycles. The minimum Gasteiger partial charge on any atom is -0.373 e. The van der Waals surface area contributed by atoms with Crippen LogP contribution in [0.5, 0.6) is 0 Å². The predicted molar refractivity (Wildman–Crippen MR) is 52.6 cm³/mol. The maximum Gasteiger partial charge on any atom is 0.129 e. The molecule has 0 aromatic carbocycles. The fourth-order valence-corrected chi connectivity index (χ4v) is 1.07. The molecule has 0 aliphatic heterocycles. The molecule has 14 heavy (non-hydrogen) atoms. The SMILES string of the molecule is CNc1cc(-c2cnccn2)ncn1. The second-order valence-electron chi connectivity index (χ2n) is 2.63. The molecule has 0 atom stereocenters. The van der Waals surface area contributed by atoms with Crippen LogP contribution in [0.3, 0.4) is 0 Å². The highest BCUT2D eigenvalue weighted by Gasteiger charge is 2.01. The summed E-state index contributed by atoms with van der Waals surface area (Å²) in [5.41, 5.74) is 1.50. The van der Waals surface area contributed by atoms with E-state index in [1.165, 1.54) is 6.33 Å². The molecule has 0 fully saturated rings. The fourth-order valence-electron chi connectivity index (χ4n) is 1.07. The molecule has 5 heteroatoms. The van der Waals surface area contributed by atoms with E-state index < -0.39 is 0 Å². The van der Waals surface area contributed by atoms with Gasteiger partial charge in [-0.15, -0.1) is 0 Å². The molecule has 2 aromatic rings. The van der Waals surface area contributed by atoms with Crippen molar-refractivity contribution in [1.82, 2.24) is 19.9 Å². The minimum absolute atomic E-state index is 0.742. The van der Waals surface area contributed by atoms with Gasteiger partial charge in [-0.1, -0.05) is 0 Å². The van der Waals surface area contributed by atoms with Crippen LogP contribution >= 0.6 is 0 Å². The van der Waals surface area contributed by atoms with E-state index in [0.29, 0.717) is 0 Å². The van der Waals surface area contributed by atoms with Crippen LogP contribution in [0.4, 0.5) is 5.82 Å². The van der Waals surface area contributed by atoms with Crippen LogP contribution in [0.1, 0.15) is 0 Å². The number of hydrogen-bond acceptors (Lipinski definition) is 5. The molecule has 0 bridgehead atoms. The molecule has 1 N–H and O–H groups in total. The number of nitrogens with one attached hydrogen (secondary N) is 1. The molecule has 0 saturated heterocycles. The Labute approximate surface area is 81.3 Å². The van der Waals surface area contributed by atoms with E-state index >= 15 is 0 Å². The quantitative estimate of drug-likeness (QED) is 0.759. The molecule has 0 saturated carbocycles. The normalized spacial score (nSPS) is 9.79. The first-order valence-corrected chi connectivity index (χ1v) is 4.16. The molecule has 0 aliphatic carbocycles. The highest BCUT2D eigenvalue weighted by Crippen LogP contribution is 2.13. The maximum atomic E-state index is 4.14. The lowest BCUT2D eigenvalue weighted by atomic mass is 10.3. The van der Waals surface area contributed by atoms with Gasteiger partial charge in [0, 0.05) is 25.5 Å². The zero-order valence-electron chi connectivity index (χ0n) is 7.68. The third-order valence-electron chi connectivity index (χ3n) is 1.75. The van der Waals surface area contributed by atoms with Crippen LogP contribution in [-0.4, -0.2) is 27.0 Å². The van der Waals surface area contributed by atoms with Crippen molar-refractivity contribution in [3.8, 4) is 11.4 Å². The van der Waals surface area contributed by atoms with Crippen LogP contribution < -0.4 is 5.32 Å². The van der Waals surface area contributed by atoms with E-state index in [1.807, 2.05) is 13.1 Å². The van der Waals surface area contributed by atoms with Crippen molar-refractivity contribution in [3.63, 3.8) is 0 Å². The topological polar surface area (TPSA) is 63.6 Å². The second-order valence-corrected chi connectivity index (χ2v) is 2.63. The Morgan fingerprint density at radius 3 is 2.71 bits per heavy atom. The van der Waals surface area contributed by atoms with Gasteiger partial charge < -0.3 is 5.32 Å². The van der Waals surface area contributed by atoms with Crippen LogP contribution in [0, 0.1) is 0 Å². The first-order chi connectivity index (χ1) is 6.90. The number of aromatic nitrogens is 4. The Morgan fingerprint density at radius 2 is 2.00 bits per heavy atom. The molecular formula is C9H9N5. The highest BCUT2D eigenvalue weighted by atomic mass is 15.0. The summed E-state index contributed by atoms with van der Waals surface area (Å²) in [6.45, 7) is 0. The van der Waals surface area contributed by atoms with Gasteiger partial charge in [0.2, 0.25) is 0 Å². The van der Waals surface area contributed by atoms with Crippen molar-refractivity contribution in [3.05, 3.63) is 31.0 Å². The van der Waals surface area contributed by atoms with Gasteiger partial charge in [0.05, 0.1) is 11.9 Å². The van der Waals surface area contributed by atoms with Gasteiger partial charge >= 0.3 is 0 Å². The number of nitrogens with zero attached hydrogens (tertiary/aromatic N) is 4. The first kappa shape index (κ1) is 8.55. The first-order valence-electron chi connectivity index (χ1n) is 4.16. The molecule has 0 unspecified atom stereocenters. The Kier molecular flexibility index (Phi) is 2.31. The average Bonchev–Trinajstić information content (AvgIpc) is 2.30. The van der Waals surface area contributed by atoms with Crippen LogP contribution in [0.25, 0.3) is 11.4 Å². The smallest absolute Gasteiger partial charge is 0.129 e. The molecule has 0 amide bonds. The van der Waals surface area contributed by atoms with Gasteiger partial charge in [-0.3, -0.25) is 9.97 Å². The van der Waals surface area contributed by atoms with E-state index in [2.05, 4.69) is 25.3 Å². The van der Waals surface area contributed by atoms with E-state index in [-0.39, 0.29) is 0 Å². The van der Waals surface area contributed by atoms with Gasteiger partial charge in [0.25, 0.3) is 0 Å². The summed E-state index contributed by atoms with van der Waals surface area (Å²) < 4.78 is 0. The molecule has 2 heterocycles. The second kappa shape index (κ2) is 3.78. The summed E-state index contributed by atoms with van der Waals surface area (Å²) in [4.78, 5) is 16.2. The number of anilines is 1. The maximum absolute atomic E-state index is 4.14. The molecule has 0 spiro atoms. The Bertz CT molecular complexity index is 415. The molecule has 0 aliphatic rings. The highest BCUT2D eigenvalue weighted by molar-refractivity contribution is 5.56. The summed E-state index contributed by atoms with van der Waals surface area (Å²) in [6, 6.07) is 1.82. The van der Waals surface area contributed by atoms with E-state index in [0.717, 1.165) is 17.2 Å². The molecule has 5 nitrogen and oxygen atoms in total. The predicted octanol–water partition coefficient (Wildman–Crippen LogP) is 0.975. The minimum atomic E-state index is 0.742. The Morgan fingerprint density at radius 1 is 1.07 bits per heavy atom. The number of hydrogen-bond donors (Lipinski definition) is 1. The van der Waals surface area contributed by atoms with Crippen molar-refractivity contribution in [2.75, 3.05) is 12.4 Å². The molecular weight excluding hydrogens is 178 g/mol. The standard InChI is InChI=1S/C9H9N5/c1-10-9-4-7(13-6-14-9)8-5-11-2-3-12-8/h2-6H,1H3,(H,10,13,14). The fraction of sp³-hybridized carbons (Fsp3) is 0.111. The van der Waals surface area contributed by atoms with E-state index in [9.17, 15) is 0 Å². The third kappa shape index (κ3) is 1.66. The van der Waals surface area contributed by atoms with Crippen LogP contribution in [0.2, 0.25) is 0 Å². The van der Waals surface area contributed by atoms with Gasteiger partial charge in [-0.2, -0.15) is 0 Å². The monoisotopic (exact) mass is 187 g/mol. The van der Waals surface area contributed by atoms with Gasteiger partial charge in [-0.25, -0.2) is 9.97 Å². The van der Waals surface area contributed by atoms with Gasteiger partial charge in [0.15, 0.2) is 0 Å². The van der Waals surface area contributed by atoms with Gasteiger partial charge in [-0.05, 0) is 0 Å². The van der Waals surface area contributed by atoms with Crippen molar-refractivity contribution in [1.29, 1.82) is 0 Å². The molecule has 70 valence electrons. The van der Waals surface area contributed by atoms with Crippen LogP contribution in [0.15, 0.2) is 31.0 Å². The third-order valence-corrected chi connectivity index (χ3v) is 1.75. The summed E-state index contributed by atoms with van der Waals surface area (Å²) in [7, 11) is 1.81. The molecule has 2 rings (SSSR count). The van der Waals surface area contributed by atoms with E-state index in [1.54, 1.807) is 18.6 Å². The summed E-state index contributed by atoms with van der Waals surface area (Å²) in [6.07, 6.45) is 6.43. The summed E-state index contributed by atoms with van der Waals surface area (Å²) in [5, 5.41) is 2.94. The lowest BCUT2D eigenvalue weighted by molar-refractivity contribution is 1.13. The van der Waals surface area contributed by atoms with E-state index in [4.69, 9.17) is 0 Å². The summed E-state index contributed by atoms with van der Waals surface area (Å²) in [5.74, 6) is 0.764. The average molecular weight is 187 g/mol. The Balaban J connectivity index is 2.42. The zero-order chi connectivity index (χ0) is 9.80. The Hall–Kier alpha value is -2.04. The lowest BCUT2D eigenvalue weighted by Gasteiger charge is -2.01. The van der Waals surface area contributed by atoms with Crippen molar-refractivity contribution in [2.45, 2.75) is 0 Å². The van der Waals surface area contributed by atoms with Crippen LogP contribution in [-0.2, 0) is 0 Å². The van der Waals surface area contributed by atoms with Crippen molar-refractivity contribution in [2.24, 2.45) is 0 Å². The largest absolute Gasteiger partial charge is 0.373 e. The van der Waals surface area contributed by atoms with Crippen molar-refractivity contribution < 1.29 is 0 Å². The van der Waals surface area contributed by atoms with Gasteiger partial charge in [0.1, 0.15) is 17.8 Å². The molecule has 0 radical (unpaired) electrons. The number of rotatable bonds is 2. The lowest BCUT2D eigenvalue weighted by Crippen LogP contribution is -1.95. The van der Waals surface area contributed by atoms with Crippen molar-refractivity contribution >= 4 is 5.82 Å².